The molecule has 6 nitrogen and oxygen atoms in total. The molecular formula is C11H19BrN4O2. The smallest absolute Gasteiger partial charge is 0.234 e. The van der Waals surface area contributed by atoms with Gasteiger partial charge in [-0.3, -0.25) is 9.48 Å². The molecule has 0 aliphatic rings. The Morgan fingerprint density at radius 1 is 1.56 bits per heavy atom. The summed E-state index contributed by atoms with van der Waals surface area (Å²) in [6.45, 7) is 3.87. The number of hydrogen-bond acceptors (Lipinski definition) is 4. The van der Waals surface area contributed by atoms with Crippen molar-refractivity contribution < 1.29 is 9.53 Å². The van der Waals surface area contributed by atoms with E-state index in [0.717, 1.165) is 15.9 Å². The molecule has 0 spiro atoms. The van der Waals surface area contributed by atoms with Crippen molar-refractivity contribution in [2.24, 2.45) is 7.05 Å². The maximum absolute atomic E-state index is 11.4. The Balaban J connectivity index is 2.31. The zero-order chi connectivity index (χ0) is 13.5. The van der Waals surface area contributed by atoms with Crippen LogP contribution in [0.15, 0.2) is 4.47 Å². The van der Waals surface area contributed by atoms with E-state index >= 15 is 0 Å². The van der Waals surface area contributed by atoms with Gasteiger partial charge >= 0.3 is 0 Å². The van der Waals surface area contributed by atoms with Crippen LogP contribution in [0.2, 0.25) is 0 Å². The Labute approximate surface area is 115 Å². The largest absolute Gasteiger partial charge is 0.383 e. The van der Waals surface area contributed by atoms with Crippen LogP contribution in [0.3, 0.4) is 0 Å². The third kappa shape index (κ3) is 4.40. The number of hydrogen-bond donors (Lipinski definition) is 2. The SMILES string of the molecule is COCCNC(=O)CNCc1c(Br)c(C)nn1C. The zero-order valence-corrected chi connectivity index (χ0v) is 12.5. The summed E-state index contributed by atoms with van der Waals surface area (Å²) in [5.74, 6) is -0.0398. The van der Waals surface area contributed by atoms with Crippen molar-refractivity contribution in [2.45, 2.75) is 13.5 Å². The first kappa shape index (κ1) is 15.1. The molecule has 0 bridgehead atoms. The van der Waals surface area contributed by atoms with Gasteiger partial charge in [-0.1, -0.05) is 0 Å². The predicted molar refractivity (Wildman–Crippen MR) is 72.2 cm³/mol. The summed E-state index contributed by atoms with van der Waals surface area (Å²) < 4.78 is 7.63. The predicted octanol–water partition coefficient (Wildman–Crippen LogP) is 0.343. The van der Waals surface area contributed by atoms with Crippen LogP contribution in [0.4, 0.5) is 0 Å². The molecule has 7 heteroatoms. The minimum atomic E-state index is -0.0398. The lowest BCUT2D eigenvalue weighted by Crippen LogP contribution is -2.35. The van der Waals surface area contributed by atoms with Crippen LogP contribution in [0.25, 0.3) is 0 Å². The van der Waals surface area contributed by atoms with Crippen LogP contribution in [0.1, 0.15) is 11.4 Å². The second kappa shape index (κ2) is 7.50. The highest BCUT2D eigenvalue weighted by Crippen LogP contribution is 2.19. The molecule has 1 rings (SSSR count). The van der Waals surface area contributed by atoms with Gasteiger partial charge in [0.1, 0.15) is 0 Å². The molecule has 0 aliphatic heterocycles. The fourth-order valence-corrected chi connectivity index (χ4v) is 2.00. The normalized spacial score (nSPS) is 10.7. The van der Waals surface area contributed by atoms with Crippen LogP contribution in [0.5, 0.6) is 0 Å². The summed E-state index contributed by atoms with van der Waals surface area (Å²) in [7, 11) is 3.49. The van der Waals surface area contributed by atoms with Gasteiger partial charge < -0.3 is 15.4 Å². The van der Waals surface area contributed by atoms with Crippen molar-refractivity contribution in [3.05, 3.63) is 15.9 Å². The second-order valence-corrected chi connectivity index (χ2v) is 4.71. The molecular weight excluding hydrogens is 300 g/mol. The molecule has 0 aliphatic carbocycles. The van der Waals surface area contributed by atoms with E-state index in [1.54, 1.807) is 11.8 Å². The molecule has 1 aromatic rings. The highest BCUT2D eigenvalue weighted by Gasteiger charge is 2.10. The molecule has 0 saturated carbocycles. The summed E-state index contributed by atoms with van der Waals surface area (Å²) in [4.78, 5) is 11.4. The van der Waals surface area contributed by atoms with E-state index in [9.17, 15) is 4.79 Å². The number of nitrogens with zero attached hydrogens (tertiary/aromatic N) is 2. The molecule has 0 radical (unpaired) electrons. The van der Waals surface area contributed by atoms with E-state index in [0.29, 0.717) is 19.7 Å². The molecule has 0 saturated heterocycles. The van der Waals surface area contributed by atoms with Gasteiger partial charge in [0.15, 0.2) is 0 Å². The number of halogens is 1. The molecule has 2 N–H and O–H groups in total. The van der Waals surface area contributed by atoms with E-state index in [-0.39, 0.29) is 12.5 Å². The Morgan fingerprint density at radius 3 is 2.83 bits per heavy atom. The van der Waals surface area contributed by atoms with Crippen molar-refractivity contribution in [2.75, 3.05) is 26.8 Å². The summed E-state index contributed by atoms with van der Waals surface area (Å²) in [5.41, 5.74) is 1.97. The minimum Gasteiger partial charge on any atom is -0.383 e. The van der Waals surface area contributed by atoms with Gasteiger partial charge in [-0.25, -0.2) is 0 Å². The molecule has 0 fully saturated rings. The van der Waals surface area contributed by atoms with Crippen LogP contribution in [0, 0.1) is 6.92 Å². The maximum Gasteiger partial charge on any atom is 0.234 e. The molecule has 0 aromatic carbocycles. The zero-order valence-electron chi connectivity index (χ0n) is 10.9. The van der Waals surface area contributed by atoms with Crippen LogP contribution >= 0.6 is 15.9 Å². The first-order chi connectivity index (χ1) is 8.56. The molecule has 1 aromatic heterocycles. The third-order valence-corrected chi connectivity index (χ3v) is 3.50. The topological polar surface area (TPSA) is 68.2 Å². The average Bonchev–Trinajstić information content (AvgIpc) is 2.56. The summed E-state index contributed by atoms with van der Waals surface area (Å²) in [6.07, 6.45) is 0. The Hall–Kier alpha value is -0.920. The Kier molecular flexibility index (Phi) is 6.31. The number of amides is 1. The monoisotopic (exact) mass is 318 g/mol. The number of ether oxygens (including phenoxy) is 1. The Bertz CT molecular complexity index is 406. The van der Waals surface area contributed by atoms with Gasteiger partial charge in [-0.05, 0) is 22.9 Å². The van der Waals surface area contributed by atoms with Gasteiger partial charge in [0, 0.05) is 27.2 Å². The van der Waals surface area contributed by atoms with E-state index in [1.165, 1.54) is 0 Å². The number of nitrogens with one attached hydrogen (secondary N) is 2. The molecule has 18 heavy (non-hydrogen) atoms. The number of carbonyl (C=O) groups excluding carboxylic acids is 1. The molecule has 102 valence electrons. The van der Waals surface area contributed by atoms with Gasteiger partial charge in [-0.15, -0.1) is 0 Å². The van der Waals surface area contributed by atoms with Crippen molar-refractivity contribution in [1.82, 2.24) is 20.4 Å². The molecule has 1 amide bonds. The lowest BCUT2D eigenvalue weighted by atomic mass is 10.3. The standard InChI is InChI=1S/C11H19BrN4O2/c1-8-11(12)9(16(2)15-8)6-13-7-10(17)14-4-5-18-3/h13H,4-7H2,1-3H3,(H,14,17). The molecule has 0 atom stereocenters. The summed E-state index contributed by atoms with van der Waals surface area (Å²) in [6, 6.07) is 0. The fraction of sp³-hybridized carbons (Fsp3) is 0.636. The highest BCUT2D eigenvalue weighted by atomic mass is 79.9. The quantitative estimate of drug-likeness (QED) is 0.712. The van der Waals surface area contributed by atoms with Gasteiger partial charge in [0.25, 0.3) is 0 Å². The van der Waals surface area contributed by atoms with E-state index in [2.05, 4.69) is 31.7 Å². The number of aromatic nitrogens is 2. The van der Waals surface area contributed by atoms with E-state index in [1.807, 2.05) is 14.0 Å². The third-order valence-electron chi connectivity index (χ3n) is 2.47. The first-order valence-corrected chi connectivity index (χ1v) is 6.50. The minimum absolute atomic E-state index is 0.0398. The van der Waals surface area contributed by atoms with Gasteiger partial charge in [0.05, 0.1) is 29.0 Å². The van der Waals surface area contributed by atoms with Crippen molar-refractivity contribution in [3.8, 4) is 0 Å². The van der Waals surface area contributed by atoms with Crippen molar-refractivity contribution in [1.29, 1.82) is 0 Å². The lowest BCUT2D eigenvalue weighted by molar-refractivity contribution is -0.120. The number of carbonyl (C=O) groups is 1. The van der Waals surface area contributed by atoms with Crippen molar-refractivity contribution in [3.63, 3.8) is 0 Å². The number of methoxy groups -OCH3 is 1. The van der Waals surface area contributed by atoms with Crippen molar-refractivity contribution >= 4 is 21.8 Å². The maximum atomic E-state index is 11.4. The Morgan fingerprint density at radius 2 is 2.28 bits per heavy atom. The summed E-state index contributed by atoms with van der Waals surface area (Å²) >= 11 is 3.48. The highest BCUT2D eigenvalue weighted by molar-refractivity contribution is 9.10. The van der Waals surface area contributed by atoms with Crippen LogP contribution in [-0.4, -0.2) is 42.5 Å². The molecule has 0 unspecified atom stereocenters. The van der Waals surface area contributed by atoms with Gasteiger partial charge in [-0.2, -0.15) is 5.10 Å². The lowest BCUT2D eigenvalue weighted by Gasteiger charge is -2.07. The van der Waals surface area contributed by atoms with Gasteiger partial charge in [0.2, 0.25) is 5.91 Å². The average molecular weight is 319 g/mol. The number of aryl methyl sites for hydroxylation is 2. The first-order valence-electron chi connectivity index (χ1n) is 5.70. The number of rotatable bonds is 7. The second-order valence-electron chi connectivity index (χ2n) is 3.92. The van der Waals surface area contributed by atoms with Crippen LogP contribution in [-0.2, 0) is 23.1 Å². The molecule has 1 heterocycles. The summed E-state index contributed by atoms with van der Waals surface area (Å²) in [5, 5.41) is 10.1. The van der Waals surface area contributed by atoms with Crippen LogP contribution < -0.4 is 10.6 Å². The fourth-order valence-electron chi connectivity index (χ4n) is 1.52. The van der Waals surface area contributed by atoms with E-state index < -0.39 is 0 Å². The van der Waals surface area contributed by atoms with E-state index in [4.69, 9.17) is 4.74 Å².